The Morgan fingerprint density at radius 2 is 2.00 bits per heavy atom. The molecule has 36 heavy (non-hydrogen) atoms. The van der Waals surface area contributed by atoms with Crippen LogP contribution in [0.4, 0.5) is 5.69 Å². The number of fused-ring (bicyclic) bond motifs is 2. The van der Waals surface area contributed by atoms with E-state index in [1.807, 2.05) is 0 Å². The number of nitrogens with one attached hydrogen (secondary N) is 2. The van der Waals surface area contributed by atoms with Crippen molar-refractivity contribution in [2.24, 2.45) is 0 Å². The molecule has 1 fully saturated rings. The minimum Gasteiger partial charge on any atom is -0.322 e. The van der Waals surface area contributed by atoms with Gasteiger partial charge in [0.05, 0.1) is 23.1 Å². The summed E-state index contributed by atoms with van der Waals surface area (Å²) < 4.78 is 1.44. The third-order valence-corrected chi connectivity index (χ3v) is 6.29. The fraction of sp³-hybridized carbons (Fsp3) is 0.167. The van der Waals surface area contributed by atoms with Crippen LogP contribution in [-0.2, 0) is 16.1 Å². The Labute approximate surface area is 203 Å². The summed E-state index contributed by atoms with van der Waals surface area (Å²) in [7, 11) is 0. The van der Waals surface area contributed by atoms with Gasteiger partial charge in [0.2, 0.25) is 11.8 Å². The molecular weight excluding hydrogens is 464 g/mol. The van der Waals surface area contributed by atoms with E-state index >= 15 is 0 Å². The fourth-order valence-corrected chi connectivity index (χ4v) is 4.48. The van der Waals surface area contributed by atoms with Crippen LogP contribution in [0.25, 0.3) is 16.6 Å². The fourth-order valence-electron chi connectivity index (χ4n) is 4.48. The van der Waals surface area contributed by atoms with Crippen molar-refractivity contribution in [1.82, 2.24) is 35.2 Å². The van der Waals surface area contributed by atoms with Gasteiger partial charge in [-0.25, -0.2) is 4.68 Å². The first-order chi connectivity index (χ1) is 17.5. The lowest BCUT2D eigenvalue weighted by Crippen LogP contribution is -2.52. The van der Waals surface area contributed by atoms with Gasteiger partial charge in [0.1, 0.15) is 6.04 Å². The Bertz CT molecular complexity index is 1570. The maximum absolute atomic E-state index is 12.9. The molecule has 6 rings (SSSR count). The maximum Gasteiger partial charge on any atom is 0.277 e. The quantitative estimate of drug-likeness (QED) is 0.412. The number of carbonyl (C=O) groups excluding carboxylic acids is 4. The predicted molar refractivity (Wildman–Crippen MR) is 125 cm³/mol. The molecule has 3 aromatic heterocycles. The third-order valence-electron chi connectivity index (χ3n) is 6.29. The summed E-state index contributed by atoms with van der Waals surface area (Å²) in [6.07, 6.45) is 6.82. The molecule has 4 amide bonds. The molecule has 1 atom stereocenters. The van der Waals surface area contributed by atoms with Crippen molar-refractivity contribution in [1.29, 1.82) is 0 Å². The smallest absolute Gasteiger partial charge is 0.277 e. The molecule has 0 saturated carbocycles. The summed E-state index contributed by atoms with van der Waals surface area (Å²) in [5.41, 5.74) is 3.17. The average molecular weight is 482 g/mol. The SMILES string of the molecule is O=C1CCC(N2Cc3cc(-n4cc(C(=O)Nc5ccnc6ccncc56)nn4)ccc3C2=O)C(=O)N1. The normalized spacial score (nSPS) is 17.3. The molecule has 178 valence electrons. The number of rotatable bonds is 4. The standard InChI is InChI=1S/C24H18N8O4/c33-21-4-3-20(23(35)28-21)31-11-13-9-14(1-2-15(13)24(31)36)32-12-19(29-30-32)22(34)27-18-6-8-26-17-5-7-25-10-16(17)18/h1-2,5-10,12,20H,3-4,11H2,(H,26,27,34)(H,28,33,35). The molecule has 1 saturated heterocycles. The lowest BCUT2D eigenvalue weighted by Gasteiger charge is -2.29. The van der Waals surface area contributed by atoms with E-state index in [-0.39, 0.29) is 30.5 Å². The number of benzene rings is 1. The molecule has 4 aromatic rings. The van der Waals surface area contributed by atoms with Gasteiger partial charge in [-0.2, -0.15) is 0 Å². The molecule has 0 spiro atoms. The number of carbonyl (C=O) groups is 4. The molecule has 2 aliphatic rings. The van der Waals surface area contributed by atoms with Crippen LogP contribution in [0.15, 0.2) is 55.1 Å². The molecule has 2 N–H and O–H groups in total. The third kappa shape index (κ3) is 3.64. The van der Waals surface area contributed by atoms with Gasteiger partial charge < -0.3 is 10.2 Å². The highest BCUT2D eigenvalue weighted by Crippen LogP contribution is 2.29. The van der Waals surface area contributed by atoms with Crippen molar-refractivity contribution in [3.05, 3.63) is 71.9 Å². The summed E-state index contributed by atoms with van der Waals surface area (Å²) in [5, 5.41) is 13.9. The zero-order chi connectivity index (χ0) is 24.8. The monoisotopic (exact) mass is 482 g/mol. The second-order valence-electron chi connectivity index (χ2n) is 8.50. The molecular formula is C24H18N8O4. The molecule has 0 aliphatic carbocycles. The van der Waals surface area contributed by atoms with E-state index in [1.54, 1.807) is 48.9 Å². The van der Waals surface area contributed by atoms with Gasteiger partial charge in [0.15, 0.2) is 5.69 Å². The Kier molecular flexibility index (Phi) is 4.99. The lowest BCUT2D eigenvalue weighted by atomic mass is 10.0. The van der Waals surface area contributed by atoms with Crippen molar-refractivity contribution < 1.29 is 19.2 Å². The predicted octanol–water partition coefficient (Wildman–Crippen LogP) is 1.22. The number of imide groups is 1. The first-order valence-corrected chi connectivity index (χ1v) is 11.2. The molecule has 12 nitrogen and oxygen atoms in total. The summed E-state index contributed by atoms with van der Waals surface area (Å²) in [6, 6.07) is 7.88. The number of anilines is 1. The number of aromatic nitrogens is 5. The lowest BCUT2D eigenvalue weighted by molar-refractivity contribution is -0.136. The number of piperidine rings is 1. The van der Waals surface area contributed by atoms with E-state index in [0.717, 1.165) is 5.56 Å². The largest absolute Gasteiger partial charge is 0.322 e. The van der Waals surface area contributed by atoms with E-state index < -0.39 is 17.9 Å². The summed E-state index contributed by atoms with van der Waals surface area (Å²) >= 11 is 0. The highest BCUT2D eigenvalue weighted by atomic mass is 16.2. The molecule has 0 bridgehead atoms. The van der Waals surface area contributed by atoms with E-state index in [0.29, 0.717) is 34.3 Å². The van der Waals surface area contributed by atoms with Gasteiger partial charge in [0, 0.05) is 42.5 Å². The first-order valence-electron chi connectivity index (χ1n) is 11.2. The highest BCUT2D eigenvalue weighted by Gasteiger charge is 2.39. The molecule has 1 unspecified atom stereocenters. The van der Waals surface area contributed by atoms with Crippen LogP contribution in [0.5, 0.6) is 0 Å². The minimum absolute atomic E-state index is 0.102. The van der Waals surface area contributed by atoms with E-state index in [4.69, 9.17) is 0 Å². The van der Waals surface area contributed by atoms with Crippen molar-refractivity contribution in [3.8, 4) is 5.69 Å². The Hall–Kier alpha value is -5.00. The van der Waals surface area contributed by atoms with Gasteiger partial charge in [-0.05, 0) is 42.3 Å². The molecule has 12 heteroatoms. The van der Waals surface area contributed by atoms with Gasteiger partial charge in [0.25, 0.3) is 11.8 Å². The number of hydrogen-bond acceptors (Lipinski definition) is 8. The van der Waals surface area contributed by atoms with E-state index in [2.05, 4.69) is 30.9 Å². The van der Waals surface area contributed by atoms with Crippen LogP contribution in [0, 0.1) is 0 Å². The Morgan fingerprint density at radius 3 is 2.86 bits per heavy atom. The van der Waals surface area contributed by atoms with Crippen LogP contribution < -0.4 is 10.6 Å². The van der Waals surface area contributed by atoms with Crippen molar-refractivity contribution in [3.63, 3.8) is 0 Å². The van der Waals surface area contributed by atoms with Crippen LogP contribution in [0.2, 0.25) is 0 Å². The van der Waals surface area contributed by atoms with Gasteiger partial charge >= 0.3 is 0 Å². The maximum atomic E-state index is 12.9. The Morgan fingerprint density at radius 1 is 1.11 bits per heavy atom. The van der Waals surface area contributed by atoms with Gasteiger partial charge in [-0.15, -0.1) is 5.10 Å². The zero-order valence-corrected chi connectivity index (χ0v) is 18.7. The first kappa shape index (κ1) is 21.5. The summed E-state index contributed by atoms with van der Waals surface area (Å²) in [5.74, 6) is -1.50. The van der Waals surface area contributed by atoms with E-state index in [1.165, 1.54) is 15.8 Å². The minimum atomic E-state index is -0.688. The number of nitrogens with zero attached hydrogens (tertiary/aromatic N) is 6. The number of amides is 4. The van der Waals surface area contributed by atoms with Crippen molar-refractivity contribution >= 4 is 40.2 Å². The topological polar surface area (TPSA) is 152 Å². The van der Waals surface area contributed by atoms with Crippen molar-refractivity contribution in [2.75, 3.05) is 5.32 Å². The summed E-state index contributed by atoms with van der Waals surface area (Å²) in [6.45, 7) is 0.236. The second-order valence-corrected chi connectivity index (χ2v) is 8.50. The molecule has 1 aromatic carbocycles. The average Bonchev–Trinajstić information content (AvgIpc) is 3.50. The Balaban J connectivity index is 1.21. The van der Waals surface area contributed by atoms with Crippen molar-refractivity contribution in [2.45, 2.75) is 25.4 Å². The molecule has 2 aliphatic heterocycles. The second kappa shape index (κ2) is 8.34. The highest BCUT2D eigenvalue weighted by molar-refractivity contribution is 6.07. The van der Waals surface area contributed by atoms with Gasteiger partial charge in [-0.3, -0.25) is 34.5 Å². The van der Waals surface area contributed by atoms with Crippen LogP contribution in [-0.4, -0.2) is 59.5 Å². The summed E-state index contributed by atoms with van der Waals surface area (Å²) in [4.78, 5) is 59.2. The van der Waals surface area contributed by atoms with E-state index in [9.17, 15) is 19.2 Å². The molecule has 5 heterocycles. The zero-order valence-electron chi connectivity index (χ0n) is 18.7. The van der Waals surface area contributed by atoms with Crippen LogP contribution in [0.3, 0.4) is 0 Å². The van der Waals surface area contributed by atoms with Gasteiger partial charge in [-0.1, -0.05) is 5.21 Å². The van der Waals surface area contributed by atoms with Crippen LogP contribution >= 0.6 is 0 Å². The number of hydrogen-bond donors (Lipinski definition) is 2. The van der Waals surface area contributed by atoms with Crippen LogP contribution in [0.1, 0.15) is 39.3 Å². The number of pyridine rings is 2. The molecule has 0 radical (unpaired) electrons.